The van der Waals surface area contributed by atoms with Gasteiger partial charge < -0.3 is 5.32 Å². The monoisotopic (exact) mass is 319 g/mol. The first-order chi connectivity index (χ1) is 11.6. The van der Waals surface area contributed by atoms with E-state index in [0.717, 1.165) is 16.7 Å². The summed E-state index contributed by atoms with van der Waals surface area (Å²) >= 11 is 0. The second-order valence-electron chi connectivity index (χ2n) is 5.56. The highest BCUT2D eigenvalue weighted by atomic mass is 16.2. The molecule has 0 bridgehead atoms. The average molecular weight is 319 g/mol. The van der Waals surface area contributed by atoms with Gasteiger partial charge in [0.05, 0.1) is 0 Å². The Balaban J connectivity index is 1.72. The highest BCUT2D eigenvalue weighted by molar-refractivity contribution is 5.91. The first kappa shape index (κ1) is 15.7. The molecule has 0 saturated carbocycles. The lowest BCUT2D eigenvalue weighted by Crippen LogP contribution is -2.25. The Bertz CT molecular complexity index is 911. The summed E-state index contributed by atoms with van der Waals surface area (Å²) in [6, 6.07) is 19.0. The van der Waals surface area contributed by atoms with Crippen LogP contribution in [0.5, 0.6) is 0 Å². The van der Waals surface area contributed by atoms with Crippen LogP contribution < -0.4 is 10.9 Å². The van der Waals surface area contributed by atoms with E-state index in [0.29, 0.717) is 6.54 Å². The minimum Gasteiger partial charge on any atom is -0.347 e. The quantitative estimate of drug-likeness (QED) is 0.776. The highest BCUT2D eigenvalue weighted by Gasteiger charge is 2.07. The van der Waals surface area contributed by atoms with E-state index in [1.165, 1.54) is 17.7 Å². The summed E-state index contributed by atoms with van der Waals surface area (Å²) in [4.78, 5) is 23.0. The maximum Gasteiger partial charge on any atom is 0.271 e. The van der Waals surface area contributed by atoms with Crippen molar-refractivity contribution in [3.05, 3.63) is 87.8 Å². The van der Waals surface area contributed by atoms with Gasteiger partial charge in [-0.2, -0.15) is 5.10 Å². The Morgan fingerprint density at radius 1 is 1.04 bits per heavy atom. The van der Waals surface area contributed by atoms with Crippen molar-refractivity contribution < 1.29 is 4.79 Å². The number of aromatic nitrogens is 2. The molecule has 5 heteroatoms. The van der Waals surface area contributed by atoms with Crippen LogP contribution in [0, 0.1) is 6.92 Å². The fourth-order valence-corrected chi connectivity index (χ4v) is 2.43. The van der Waals surface area contributed by atoms with E-state index in [9.17, 15) is 9.59 Å². The van der Waals surface area contributed by atoms with E-state index in [1.807, 2.05) is 24.3 Å². The number of carbonyl (C=O) groups excluding carboxylic acids is 1. The van der Waals surface area contributed by atoms with Crippen LogP contribution in [0.1, 0.15) is 21.6 Å². The van der Waals surface area contributed by atoms with E-state index in [-0.39, 0.29) is 17.2 Å². The molecule has 0 spiro atoms. The highest BCUT2D eigenvalue weighted by Crippen LogP contribution is 2.21. The lowest BCUT2D eigenvalue weighted by molar-refractivity contribution is 0.0945. The molecule has 3 rings (SSSR count). The van der Waals surface area contributed by atoms with Gasteiger partial charge in [0.1, 0.15) is 5.69 Å². The molecular weight excluding hydrogens is 302 g/mol. The SMILES string of the molecule is Cc1cccc(-c2cccc(CNC(=O)c3ccc(=O)[nH]n3)c2)c1. The summed E-state index contributed by atoms with van der Waals surface area (Å²) in [5.74, 6) is -0.327. The first-order valence-corrected chi connectivity index (χ1v) is 7.62. The van der Waals surface area contributed by atoms with Crippen LogP contribution in [-0.4, -0.2) is 16.1 Å². The summed E-state index contributed by atoms with van der Waals surface area (Å²) in [5, 5.41) is 8.77. The molecule has 0 atom stereocenters. The summed E-state index contributed by atoms with van der Waals surface area (Å²) in [6.45, 7) is 2.45. The standard InChI is InChI=1S/C19H17N3O2/c1-13-4-2-6-15(10-13)16-7-3-5-14(11-16)12-20-19(24)17-8-9-18(23)22-21-17/h2-11H,12H2,1H3,(H,20,24)(H,22,23). The van der Waals surface area contributed by atoms with Crippen molar-refractivity contribution in [1.82, 2.24) is 15.5 Å². The summed E-state index contributed by atoms with van der Waals surface area (Å²) < 4.78 is 0. The number of rotatable bonds is 4. The maximum absolute atomic E-state index is 12.0. The van der Waals surface area contributed by atoms with Crippen LogP contribution in [-0.2, 0) is 6.54 Å². The van der Waals surface area contributed by atoms with Crippen LogP contribution in [0.2, 0.25) is 0 Å². The number of benzene rings is 2. The molecule has 0 radical (unpaired) electrons. The van der Waals surface area contributed by atoms with Gasteiger partial charge in [0.15, 0.2) is 0 Å². The molecule has 0 fully saturated rings. The number of H-pyrrole nitrogens is 1. The molecule has 1 aromatic heterocycles. The number of nitrogens with one attached hydrogen (secondary N) is 2. The molecule has 2 aromatic carbocycles. The normalized spacial score (nSPS) is 10.4. The van der Waals surface area contributed by atoms with Crippen molar-refractivity contribution in [3.8, 4) is 11.1 Å². The smallest absolute Gasteiger partial charge is 0.271 e. The predicted molar refractivity (Wildman–Crippen MR) is 92.6 cm³/mol. The zero-order valence-corrected chi connectivity index (χ0v) is 13.2. The van der Waals surface area contributed by atoms with E-state index in [4.69, 9.17) is 0 Å². The number of hydrogen-bond donors (Lipinski definition) is 2. The molecule has 1 amide bonds. The minimum absolute atomic E-state index is 0.185. The van der Waals surface area contributed by atoms with Gasteiger partial charge in [-0.1, -0.05) is 48.0 Å². The van der Waals surface area contributed by atoms with Gasteiger partial charge in [-0.05, 0) is 35.7 Å². The van der Waals surface area contributed by atoms with Gasteiger partial charge in [-0.25, -0.2) is 5.10 Å². The number of aromatic amines is 1. The van der Waals surface area contributed by atoms with E-state index < -0.39 is 0 Å². The van der Waals surface area contributed by atoms with E-state index >= 15 is 0 Å². The van der Waals surface area contributed by atoms with Crippen molar-refractivity contribution in [3.63, 3.8) is 0 Å². The molecule has 0 unspecified atom stereocenters. The fraction of sp³-hybridized carbons (Fsp3) is 0.105. The number of amides is 1. The predicted octanol–water partition coefficient (Wildman–Crippen LogP) is 2.68. The Labute approximate surface area is 139 Å². The Kier molecular flexibility index (Phi) is 4.52. The molecular formula is C19H17N3O2. The third-order valence-electron chi connectivity index (χ3n) is 3.64. The second kappa shape index (κ2) is 6.91. The molecule has 0 aliphatic rings. The molecule has 24 heavy (non-hydrogen) atoms. The van der Waals surface area contributed by atoms with Gasteiger partial charge >= 0.3 is 0 Å². The van der Waals surface area contributed by atoms with Crippen LogP contribution in [0.15, 0.2) is 65.5 Å². The molecule has 2 N–H and O–H groups in total. The fourth-order valence-electron chi connectivity index (χ4n) is 2.43. The maximum atomic E-state index is 12.0. The summed E-state index contributed by atoms with van der Waals surface area (Å²) in [5.41, 5.74) is 4.29. The van der Waals surface area contributed by atoms with Gasteiger partial charge in [-0.15, -0.1) is 0 Å². The molecule has 120 valence electrons. The minimum atomic E-state index is -0.336. The van der Waals surface area contributed by atoms with Crippen molar-refractivity contribution in [1.29, 1.82) is 0 Å². The van der Waals surface area contributed by atoms with Gasteiger partial charge in [0, 0.05) is 12.6 Å². The Morgan fingerprint density at radius 2 is 1.79 bits per heavy atom. The number of aryl methyl sites for hydroxylation is 1. The molecule has 1 heterocycles. The lowest BCUT2D eigenvalue weighted by atomic mass is 10.0. The van der Waals surface area contributed by atoms with Crippen molar-refractivity contribution >= 4 is 5.91 Å². The molecule has 0 saturated heterocycles. The van der Waals surface area contributed by atoms with Crippen LogP contribution in [0.25, 0.3) is 11.1 Å². The van der Waals surface area contributed by atoms with Crippen LogP contribution in [0.4, 0.5) is 0 Å². The van der Waals surface area contributed by atoms with Crippen molar-refractivity contribution in [2.75, 3.05) is 0 Å². The zero-order valence-electron chi connectivity index (χ0n) is 13.2. The lowest BCUT2D eigenvalue weighted by Gasteiger charge is -2.08. The third kappa shape index (κ3) is 3.76. The van der Waals surface area contributed by atoms with E-state index in [1.54, 1.807) is 0 Å². The molecule has 5 nitrogen and oxygen atoms in total. The average Bonchev–Trinajstić information content (AvgIpc) is 2.60. The Hall–Kier alpha value is -3.21. The van der Waals surface area contributed by atoms with Gasteiger partial charge in [0.25, 0.3) is 11.5 Å². The number of hydrogen-bond acceptors (Lipinski definition) is 3. The van der Waals surface area contributed by atoms with Crippen LogP contribution in [0.3, 0.4) is 0 Å². The summed E-state index contributed by atoms with van der Waals surface area (Å²) in [6.07, 6.45) is 0. The van der Waals surface area contributed by atoms with Gasteiger partial charge in [0.2, 0.25) is 0 Å². The van der Waals surface area contributed by atoms with Crippen molar-refractivity contribution in [2.45, 2.75) is 13.5 Å². The zero-order chi connectivity index (χ0) is 16.9. The topological polar surface area (TPSA) is 74.8 Å². The number of carbonyl (C=O) groups is 1. The summed E-state index contributed by atoms with van der Waals surface area (Å²) in [7, 11) is 0. The Morgan fingerprint density at radius 3 is 2.50 bits per heavy atom. The second-order valence-corrected chi connectivity index (χ2v) is 5.56. The molecule has 3 aromatic rings. The third-order valence-corrected chi connectivity index (χ3v) is 3.64. The van der Waals surface area contributed by atoms with E-state index in [2.05, 4.69) is 46.7 Å². The largest absolute Gasteiger partial charge is 0.347 e. The van der Waals surface area contributed by atoms with Crippen LogP contribution >= 0.6 is 0 Å². The molecule has 0 aliphatic carbocycles. The number of nitrogens with zero attached hydrogens (tertiary/aromatic N) is 1. The first-order valence-electron chi connectivity index (χ1n) is 7.62. The van der Waals surface area contributed by atoms with Crippen molar-refractivity contribution in [2.24, 2.45) is 0 Å². The molecule has 0 aliphatic heterocycles. The van der Waals surface area contributed by atoms with Gasteiger partial charge in [-0.3, -0.25) is 9.59 Å².